The summed E-state index contributed by atoms with van der Waals surface area (Å²) in [4.78, 5) is 26.1. The van der Waals surface area contributed by atoms with E-state index in [4.69, 9.17) is 30.4 Å². The zero-order chi connectivity index (χ0) is 49.7. The van der Waals surface area contributed by atoms with E-state index in [0.29, 0.717) is 6.42 Å². The van der Waals surface area contributed by atoms with Crippen molar-refractivity contribution in [2.45, 2.75) is 176 Å². The molecule has 3 aliphatic rings. The van der Waals surface area contributed by atoms with Crippen LogP contribution in [0.15, 0.2) is 85.1 Å². The molecule has 3 rings (SSSR count). The molecule has 0 radical (unpaired) electrons. The molecule has 19 nitrogen and oxygen atoms in total. The summed E-state index contributed by atoms with van der Waals surface area (Å²) < 4.78 is 23.5. The summed E-state index contributed by atoms with van der Waals surface area (Å²) >= 11 is 0. The summed E-state index contributed by atoms with van der Waals surface area (Å²) in [5.74, 6) is -5.35. The third kappa shape index (κ3) is 20.2. The Bertz CT molecular complexity index is 1690. The van der Waals surface area contributed by atoms with Crippen molar-refractivity contribution in [2.75, 3.05) is 13.1 Å². The lowest BCUT2D eigenvalue weighted by Gasteiger charge is -2.46. The number of aliphatic hydroxyl groups is 10. The number of nitrogens with two attached hydrogens (primary N) is 2. The lowest BCUT2D eigenvalue weighted by Crippen LogP contribution is -2.62. The van der Waals surface area contributed by atoms with Crippen LogP contribution in [0, 0.1) is 11.8 Å². The number of nitrogens with one attached hydrogen (secondary N) is 1. The van der Waals surface area contributed by atoms with Crippen molar-refractivity contribution in [3.63, 3.8) is 0 Å². The van der Waals surface area contributed by atoms with Crippen LogP contribution >= 0.6 is 0 Å². The summed E-state index contributed by atoms with van der Waals surface area (Å²) in [5.41, 5.74) is 11.7. The average Bonchev–Trinajstić information content (AvgIpc) is 3.25. The zero-order valence-corrected chi connectivity index (χ0v) is 38.8. The molecular weight excluding hydrogens is 875 g/mol. The highest BCUT2D eigenvalue weighted by Gasteiger charge is 2.50. The van der Waals surface area contributed by atoms with E-state index in [1.54, 1.807) is 81.5 Å². The number of aliphatic hydroxyl groups excluding tert-OH is 9. The third-order valence-electron chi connectivity index (χ3n) is 12.1. The van der Waals surface area contributed by atoms with Gasteiger partial charge in [-0.3, -0.25) is 9.59 Å². The number of allylic oxidation sites excluding steroid dienone is 12. The lowest BCUT2D eigenvalue weighted by atomic mass is 9.82. The smallest absolute Gasteiger partial charge is 0.308 e. The van der Waals surface area contributed by atoms with Crippen LogP contribution in [0.1, 0.15) is 78.6 Å². The third-order valence-corrected chi connectivity index (χ3v) is 12.1. The molecule has 1 amide bonds. The number of carbonyl (C=O) groups excluding carboxylic acids is 2. The van der Waals surface area contributed by atoms with Gasteiger partial charge in [0.15, 0.2) is 12.1 Å². The monoisotopic (exact) mass is 952 g/mol. The van der Waals surface area contributed by atoms with Gasteiger partial charge >= 0.3 is 5.97 Å². The Morgan fingerprint density at radius 3 is 1.97 bits per heavy atom. The van der Waals surface area contributed by atoms with Crippen molar-refractivity contribution in [3.8, 4) is 0 Å². The summed E-state index contributed by atoms with van der Waals surface area (Å²) in [6.45, 7) is 5.09. The Kier molecular flexibility index (Phi) is 25.5. The SMILES string of the molecule is C[C@@H]1[C@H](O)C/C=C/C=C/C=C/C=C/C=C/C=C/C=C/[C@H](O[C@@H]2O[C@H](C)[C@@H](O)[C@H](N)[C@H]2O)C[C@@H]2O[C@](O)(C[C@@H](O)C[C@@H](O)[C@H](O)CC[C@@H](O)C[C@@H](O)CC(=O)O[C@H]1C)C[C@H](O)[C@H]2C(=O)NCCN. The van der Waals surface area contributed by atoms with Crippen LogP contribution in [0.25, 0.3) is 0 Å². The predicted octanol–water partition coefficient (Wildman–Crippen LogP) is -0.544. The number of hydrogen-bond donors (Lipinski definition) is 13. The van der Waals surface area contributed by atoms with Crippen molar-refractivity contribution in [2.24, 2.45) is 23.3 Å². The molecule has 0 aliphatic carbocycles. The van der Waals surface area contributed by atoms with E-state index in [-0.39, 0.29) is 38.8 Å². The standard InChI is InChI=1S/C48H77N3O16/c1-29-30(2)64-41(59)25-33(53)23-32(52)19-20-37(56)38(57)24-34(54)27-48(63)28-39(58)42(46(62)51-22-21-49)40(67-48)26-35(66-47-45(61)43(50)44(60)31(3)65-47)17-15-13-11-9-7-5-4-6-8-10-12-14-16-18-36(29)55/h4-17,29-40,42-45,47,52-58,60-61,63H,18-28,49-50H2,1-3H3,(H,51,62)/b5-4+,8-6+,9-7+,12-10+,13-11+,16-14+,17-15+/t29-,30-,31+,32+,33+,34-,35-,36+,37+,38+,39-,40-,42+,43-,44+,45+,47-,48+/m0/s1. The predicted molar refractivity (Wildman–Crippen MR) is 247 cm³/mol. The van der Waals surface area contributed by atoms with Crippen LogP contribution in [0.2, 0.25) is 0 Å². The molecule has 19 heteroatoms. The van der Waals surface area contributed by atoms with E-state index in [1.807, 2.05) is 24.3 Å². The van der Waals surface area contributed by atoms with Crippen molar-refractivity contribution >= 4 is 11.9 Å². The van der Waals surface area contributed by atoms with Crippen LogP contribution in [0.5, 0.6) is 0 Å². The molecule has 0 unspecified atom stereocenters. The zero-order valence-electron chi connectivity index (χ0n) is 38.8. The van der Waals surface area contributed by atoms with Gasteiger partial charge in [0.2, 0.25) is 5.91 Å². The molecule has 0 spiro atoms. The second-order valence-corrected chi connectivity index (χ2v) is 17.8. The van der Waals surface area contributed by atoms with Crippen molar-refractivity contribution < 1.29 is 79.6 Å². The van der Waals surface area contributed by atoms with Crippen LogP contribution in [-0.4, -0.2) is 174 Å². The fraction of sp³-hybridized carbons (Fsp3) is 0.667. The van der Waals surface area contributed by atoms with Gasteiger partial charge < -0.3 is 86.8 Å². The molecule has 0 aromatic heterocycles. The Labute approximate surface area is 393 Å². The molecule has 2 bridgehead atoms. The largest absolute Gasteiger partial charge is 0.462 e. The van der Waals surface area contributed by atoms with Crippen molar-refractivity contribution in [1.82, 2.24) is 5.32 Å². The number of carbonyl (C=O) groups is 2. The second-order valence-electron chi connectivity index (χ2n) is 17.8. The lowest BCUT2D eigenvalue weighted by molar-refractivity contribution is -0.307. The van der Waals surface area contributed by atoms with Crippen LogP contribution < -0.4 is 16.8 Å². The van der Waals surface area contributed by atoms with Gasteiger partial charge in [-0.15, -0.1) is 0 Å². The molecule has 2 fully saturated rings. The molecule has 67 heavy (non-hydrogen) atoms. The van der Waals surface area contributed by atoms with E-state index in [9.17, 15) is 60.7 Å². The normalized spacial score (nSPS) is 43.3. The summed E-state index contributed by atoms with van der Waals surface area (Å²) in [5, 5.41) is 111. The van der Waals surface area contributed by atoms with E-state index in [1.165, 1.54) is 0 Å². The van der Waals surface area contributed by atoms with Gasteiger partial charge in [-0.25, -0.2) is 0 Å². The number of rotatable bonds is 5. The first-order valence-corrected chi connectivity index (χ1v) is 23.2. The Hall–Kier alpha value is -3.48. The second kappa shape index (κ2) is 29.5. The molecular formula is C48H77N3O16. The van der Waals surface area contributed by atoms with Crippen molar-refractivity contribution in [3.05, 3.63) is 85.1 Å². The van der Waals surface area contributed by atoms with E-state index < -0.39 is 147 Å². The fourth-order valence-corrected chi connectivity index (χ4v) is 8.02. The molecule has 380 valence electrons. The first kappa shape index (κ1) is 57.8. The van der Waals surface area contributed by atoms with E-state index >= 15 is 0 Å². The molecule has 15 N–H and O–H groups in total. The quantitative estimate of drug-likeness (QED) is 0.154. The molecule has 0 saturated carbocycles. The average molecular weight is 952 g/mol. The number of ether oxygens (including phenoxy) is 4. The maximum atomic E-state index is 13.5. The van der Waals surface area contributed by atoms with Crippen molar-refractivity contribution in [1.29, 1.82) is 0 Å². The fourth-order valence-electron chi connectivity index (χ4n) is 8.02. The molecule has 0 aromatic carbocycles. The van der Waals surface area contributed by atoms with E-state index in [2.05, 4.69) is 5.32 Å². The van der Waals surface area contributed by atoms with Gasteiger partial charge in [0, 0.05) is 44.7 Å². The summed E-state index contributed by atoms with van der Waals surface area (Å²) in [7, 11) is 0. The number of esters is 1. The highest BCUT2D eigenvalue weighted by Crippen LogP contribution is 2.38. The topological polar surface area (TPSA) is 337 Å². The highest BCUT2D eigenvalue weighted by atomic mass is 16.7. The Morgan fingerprint density at radius 2 is 1.34 bits per heavy atom. The minimum absolute atomic E-state index is 0.0634. The van der Waals surface area contributed by atoms with Gasteiger partial charge in [-0.1, -0.05) is 92.0 Å². The number of amides is 1. The molecule has 2 saturated heterocycles. The summed E-state index contributed by atoms with van der Waals surface area (Å²) in [6.07, 6.45) is 4.91. The molecule has 18 atom stereocenters. The number of fused-ring (bicyclic) bond motifs is 2. The molecule has 3 aliphatic heterocycles. The van der Waals surface area contributed by atoms with Gasteiger partial charge in [-0.2, -0.15) is 0 Å². The van der Waals surface area contributed by atoms with Crippen LogP contribution in [0.3, 0.4) is 0 Å². The highest BCUT2D eigenvalue weighted by molar-refractivity contribution is 5.80. The van der Waals surface area contributed by atoms with Gasteiger partial charge in [-0.05, 0) is 39.5 Å². The van der Waals surface area contributed by atoms with Gasteiger partial charge in [0.1, 0.15) is 12.2 Å². The van der Waals surface area contributed by atoms with Crippen LogP contribution in [0.4, 0.5) is 0 Å². The number of hydrogen-bond acceptors (Lipinski definition) is 18. The Balaban J connectivity index is 1.89. The maximum absolute atomic E-state index is 13.5. The first-order valence-electron chi connectivity index (χ1n) is 23.2. The summed E-state index contributed by atoms with van der Waals surface area (Å²) in [6, 6.07) is -1.13. The van der Waals surface area contributed by atoms with Crippen LogP contribution in [-0.2, 0) is 28.5 Å². The number of cyclic esters (lactones) is 1. The first-order chi connectivity index (χ1) is 31.7. The molecule has 3 heterocycles. The maximum Gasteiger partial charge on any atom is 0.308 e. The minimum atomic E-state index is -2.27. The minimum Gasteiger partial charge on any atom is -0.462 e. The van der Waals surface area contributed by atoms with Gasteiger partial charge in [0.05, 0.1) is 85.5 Å². The Morgan fingerprint density at radius 1 is 0.731 bits per heavy atom. The molecule has 0 aromatic rings. The van der Waals surface area contributed by atoms with E-state index in [0.717, 1.165) is 0 Å². The van der Waals surface area contributed by atoms with Gasteiger partial charge in [0.25, 0.3) is 0 Å².